The summed E-state index contributed by atoms with van der Waals surface area (Å²) in [7, 11) is 0. The van der Waals surface area contributed by atoms with Crippen LogP contribution in [0.2, 0.25) is 0 Å². The van der Waals surface area contributed by atoms with Crippen molar-refractivity contribution in [1.29, 1.82) is 0 Å². The molecular formula is C12H26O8. The van der Waals surface area contributed by atoms with E-state index in [4.69, 9.17) is 20.3 Å². The molecule has 0 radical (unpaired) electrons. The molecule has 1 saturated heterocycles. The Hall–Kier alpha value is -0.320. The van der Waals surface area contributed by atoms with Crippen molar-refractivity contribution in [2.75, 3.05) is 0 Å². The third kappa shape index (κ3) is 6.91. The van der Waals surface area contributed by atoms with Crippen molar-refractivity contribution in [3.05, 3.63) is 0 Å². The van der Waals surface area contributed by atoms with Gasteiger partial charge in [0.1, 0.15) is 0 Å². The zero-order valence-corrected chi connectivity index (χ0v) is 13.0. The van der Waals surface area contributed by atoms with Crippen LogP contribution in [-0.2, 0) is 29.3 Å². The van der Waals surface area contributed by atoms with E-state index in [0.29, 0.717) is 12.8 Å². The smallest absolute Gasteiger partial charge is 0.231 e. The molecular weight excluding hydrogens is 272 g/mol. The molecule has 2 N–H and O–H groups in total. The van der Waals surface area contributed by atoms with Crippen LogP contribution in [0, 0.1) is 0 Å². The first-order valence-electron chi connectivity index (χ1n) is 6.61. The molecule has 20 heavy (non-hydrogen) atoms. The molecule has 1 rings (SSSR count). The van der Waals surface area contributed by atoms with Gasteiger partial charge in [-0.15, -0.1) is 0 Å². The first kappa shape index (κ1) is 19.7. The minimum atomic E-state index is -1.27. The fraction of sp³-hybridized carbons (Fsp3) is 1.00. The van der Waals surface area contributed by atoms with E-state index in [0.717, 1.165) is 6.42 Å². The van der Waals surface area contributed by atoms with Crippen molar-refractivity contribution in [3.8, 4) is 0 Å². The van der Waals surface area contributed by atoms with Gasteiger partial charge in [0.15, 0.2) is 0 Å². The Bertz CT molecular complexity index is 240. The summed E-state index contributed by atoms with van der Waals surface area (Å²) in [5.41, 5.74) is 0. The molecule has 1 aliphatic heterocycles. The molecule has 1 heterocycles. The van der Waals surface area contributed by atoms with Crippen LogP contribution in [0.15, 0.2) is 0 Å². The summed E-state index contributed by atoms with van der Waals surface area (Å²) in [6.07, 6.45) is 1.68. The second kappa shape index (κ2) is 8.20. The highest BCUT2D eigenvalue weighted by Gasteiger charge is 2.40. The molecule has 0 amide bonds. The van der Waals surface area contributed by atoms with Gasteiger partial charge in [-0.05, 0) is 20.8 Å². The van der Waals surface area contributed by atoms with Crippen molar-refractivity contribution in [3.63, 3.8) is 0 Å². The highest BCUT2D eigenvalue weighted by Crippen LogP contribution is 2.31. The maximum atomic E-state index is 8.52. The first-order valence-corrected chi connectivity index (χ1v) is 6.61. The first-order chi connectivity index (χ1) is 9.22. The lowest BCUT2D eigenvalue weighted by Gasteiger charge is -2.29. The van der Waals surface area contributed by atoms with Crippen molar-refractivity contribution in [2.45, 2.75) is 78.2 Å². The molecule has 1 aliphatic rings. The predicted molar refractivity (Wildman–Crippen MR) is 67.9 cm³/mol. The summed E-state index contributed by atoms with van der Waals surface area (Å²) >= 11 is 0. The Morgan fingerprint density at radius 2 is 1.25 bits per heavy atom. The third-order valence-electron chi connectivity index (χ3n) is 3.07. The molecule has 0 aliphatic carbocycles. The van der Waals surface area contributed by atoms with Crippen LogP contribution in [-0.4, -0.2) is 27.9 Å². The average Bonchev–Trinajstić information content (AvgIpc) is 3.23. The standard InChI is InChI=1S/C8H18O6.C4H8O2/c1-5-7(3,11-9)13-14-8(4,6-2)12-10;1-3-4(2)5-6-4/h9-10H,5-6H2,1-4H3;3H2,1-2H3. The van der Waals surface area contributed by atoms with Gasteiger partial charge < -0.3 is 0 Å². The summed E-state index contributed by atoms with van der Waals surface area (Å²) in [5, 5.41) is 17.0. The maximum Gasteiger partial charge on any atom is 0.231 e. The van der Waals surface area contributed by atoms with Crippen LogP contribution < -0.4 is 0 Å². The SMILES string of the molecule is CCC(C)(OO)OOC(C)(CC)OO.CCC1(C)OO1. The zero-order chi connectivity index (χ0) is 15.9. The van der Waals surface area contributed by atoms with E-state index in [9.17, 15) is 0 Å². The molecule has 0 saturated carbocycles. The van der Waals surface area contributed by atoms with Gasteiger partial charge in [0, 0.05) is 19.3 Å². The second-order valence-electron chi connectivity index (χ2n) is 4.98. The van der Waals surface area contributed by atoms with Gasteiger partial charge in [-0.1, -0.05) is 20.8 Å². The molecule has 0 aromatic carbocycles. The van der Waals surface area contributed by atoms with Crippen LogP contribution in [0.5, 0.6) is 0 Å². The van der Waals surface area contributed by atoms with Crippen LogP contribution >= 0.6 is 0 Å². The largest absolute Gasteiger partial charge is 0.249 e. The van der Waals surface area contributed by atoms with Crippen LogP contribution in [0.1, 0.15) is 60.8 Å². The Kier molecular flexibility index (Phi) is 8.07. The zero-order valence-electron chi connectivity index (χ0n) is 13.0. The monoisotopic (exact) mass is 298 g/mol. The van der Waals surface area contributed by atoms with Crippen LogP contribution in [0.3, 0.4) is 0 Å². The number of hydrogen-bond acceptors (Lipinski definition) is 8. The van der Waals surface area contributed by atoms with Gasteiger partial charge in [0.2, 0.25) is 17.4 Å². The van der Waals surface area contributed by atoms with Gasteiger partial charge >= 0.3 is 0 Å². The van der Waals surface area contributed by atoms with Crippen molar-refractivity contribution in [2.24, 2.45) is 0 Å². The van der Waals surface area contributed by atoms with Gasteiger partial charge in [-0.2, -0.15) is 19.6 Å². The van der Waals surface area contributed by atoms with Gasteiger partial charge in [0.25, 0.3) is 0 Å². The highest BCUT2D eigenvalue weighted by atomic mass is 17.4. The molecule has 1 fully saturated rings. The highest BCUT2D eigenvalue weighted by molar-refractivity contribution is 4.61. The molecule has 8 heteroatoms. The molecule has 2 atom stereocenters. The van der Waals surface area contributed by atoms with E-state index in [1.54, 1.807) is 13.8 Å². The third-order valence-corrected chi connectivity index (χ3v) is 3.07. The molecule has 0 aromatic rings. The maximum absolute atomic E-state index is 8.52. The van der Waals surface area contributed by atoms with E-state index in [1.165, 1.54) is 13.8 Å². The summed E-state index contributed by atoms with van der Waals surface area (Å²) in [6, 6.07) is 0. The number of hydrogen-bond donors (Lipinski definition) is 2. The summed E-state index contributed by atoms with van der Waals surface area (Å²) in [6.45, 7) is 10.4. The summed E-state index contributed by atoms with van der Waals surface area (Å²) in [5.74, 6) is -2.75. The Balaban J connectivity index is 0.000000493. The predicted octanol–water partition coefficient (Wildman–Crippen LogP) is 3.24. The van der Waals surface area contributed by atoms with Crippen molar-refractivity contribution in [1.82, 2.24) is 0 Å². The minimum absolute atomic E-state index is 0.208. The van der Waals surface area contributed by atoms with E-state index in [-0.39, 0.29) is 5.79 Å². The molecule has 122 valence electrons. The fourth-order valence-electron chi connectivity index (χ4n) is 0.643. The fourth-order valence-corrected chi connectivity index (χ4v) is 0.643. The van der Waals surface area contributed by atoms with Crippen LogP contribution in [0.25, 0.3) is 0 Å². The average molecular weight is 298 g/mol. The normalized spacial score (nSPS) is 22.2. The summed E-state index contributed by atoms with van der Waals surface area (Å²) in [4.78, 5) is 26.9. The lowest BCUT2D eigenvalue weighted by Crippen LogP contribution is -2.38. The molecule has 0 bridgehead atoms. The van der Waals surface area contributed by atoms with Crippen LogP contribution in [0.4, 0.5) is 0 Å². The van der Waals surface area contributed by atoms with Gasteiger partial charge in [-0.3, -0.25) is 0 Å². The number of rotatable bonds is 8. The van der Waals surface area contributed by atoms with E-state index in [2.05, 4.69) is 19.6 Å². The van der Waals surface area contributed by atoms with Gasteiger partial charge in [0.05, 0.1) is 0 Å². The lowest BCUT2D eigenvalue weighted by atomic mass is 10.2. The van der Waals surface area contributed by atoms with E-state index < -0.39 is 11.6 Å². The quantitative estimate of drug-likeness (QED) is 0.305. The Morgan fingerprint density at radius 1 is 0.900 bits per heavy atom. The molecule has 0 aromatic heterocycles. The Morgan fingerprint density at radius 3 is 1.35 bits per heavy atom. The molecule has 2 unspecified atom stereocenters. The van der Waals surface area contributed by atoms with Gasteiger partial charge in [-0.25, -0.2) is 20.3 Å². The summed E-state index contributed by atoms with van der Waals surface area (Å²) < 4.78 is 0. The second-order valence-corrected chi connectivity index (χ2v) is 4.98. The van der Waals surface area contributed by atoms with Crippen molar-refractivity contribution < 1.29 is 39.8 Å². The van der Waals surface area contributed by atoms with Crippen molar-refractivity contribution >= 4 is 0 Å². The minimum Gasteiger partial charge on any atom is -0.249 e. The molecule has 0 spiro atoms. The lowest BCUT2D eigenvalue weighted by molar-refractivity contribution is -0.566. The van der Waals surface area contributed by atoms with E-state index in [1.807, 2.05) is 13.8 Å². The molecule has 8 nitrogen and oxygen atoms in total. The Labute approximate surface area is 119 Å². The topological polar surface area (TPSA) is 102 Å². The van der Waals surface area contributed by atoms with E-state index >= 15 is 0 Å².